The number of hydrogen-bond donors (Lipinski definition) is 2. The molecule has 0 saturated carbocycles. The number of aryl methyl sites for hydroxylation is 2. The van der Waals surface area contributed by atoms with Crippen LogP contribution in [0.15, 0.2) is 18.2 Å². The SMILES string of the molecule is COCC(O)CCNC(C)c1ccc(C)c(C)c1. The molecule has 0 aromatic heterocycles. The number of benzene rings is 1. The van der Waals surface area contributed by atoms with Crippen molar-refractivity contribution in [3.63, 3.8) is 0 Å². The molecule has 3 heteroatoms. The molecular weight excluding hydrogens is 226 g/mol. The average molecular weight is 251 g/mol. The van der Waals surface area contributed by atoms with Crippen molar-refractivity contribution in [3.05, 3.63) is 34.9 Å². The maximum absolute atomic E-state index is 9.55. The zero-order chi connectivity index (χ0) is 13.5. The van der Waals surface area contributed by atoms with Gasteiger partial charge in [-0.2, -0.15) is 0 Å². The Hall–Kier alpha value is -0.900. The quantitative estimate of drug-likeness (QED) is 0.781. The van der Waals surface area contributed by atoms with Crippen LogP contribution in [0.25, 0.3) is 0 Å². The zero-order valence-electron chi connectivity index (χ0n) is 11.9. The summed E-state index contributed by atoms with van der Waals surface area (Å²) in [5.41, 5.74) is 3.93. The van der Waals surface area contributed by atoms with E-state index in [1.54, 1.807) is 7.11 Å². The van der Waals surface area contributed by atoms with E-state index < -0.39 is 0 Å². The Kier molecular flexibility index (Phi) is 6.33. The molecule has 0 amide bonds. The van der Waals surface area contributed by atoms with E-state index in [1.807, 2.05) is 0 Å². The molecule has 2 unspecified atom stereocenters. The first kappa shape index (κ1) is 15.2. The van der Waals surface area contributed by atoms with E-state index in [0.29, 0.717) is 19.1 Å². The second-order valence-electron chi connectivity index (χ2n) is 4.92. The molecule has 1 aromatic carbocycles. The van der Waals surface area contributed by atoms with E-state index in [0.717, 1.165) is 6.54 Å². The molecule has 0 spiro atoms. The van der Waals surface area contributed by atoms with E-state index >= 15 is 0 Å². The number of aliphatic hydroxyl groups excluding tert-OH is 1. The summed E-state index contributed by atoms with van der Waals surface area (Å²) in [4.78, 5) is 0. The summed E-state index contributed by atoms with van der Waals surface area (Å²) in [6.45, 7) is 7.59. The van der Waals surface area contributed by atoms with Crippen LogP contribution >= 0.6 is 0 Å². The Bertz CT molecular complexity index is 366. The minimum atomic E-state index is -0.380. The summed E-state index contributed by atoms with van der Waals surface area (Å²) in [5, 5.41) is 13.0. The van der Waals surface area contributed by atoms with E-state index in [2.05, 4.69) is 44.3 Å². The van der Waals surface area contributed by atoms with Crippen LogP contribution in [0, 0.1) is 13.8 Å². The molecule has 0 aliphatic carbocycles. The first-order valence-electron chi connectivity index (χ1n) is 6.52. The molecule has 0 bridgehead atoms. The van der Waals surface area contributed by atoms with Crippen molar-refractivity contribution in [3.8, 4) is 0 Å². The highest BCUT2D eigenvalue weighted by atomic mass is 16.5. The predicted octanol–water partition coefficient (Wildman–Crippen LogP) is 2.35. The van der Waals surface area contributed by atoms with E-state index in [9.17, 15) is 5.11 Å². The van der Waals surface area contributed by atoms with Gasteiger partial charge in [-0.15, -0.1) is 0 Å². The number of rotatable bonds is 7. The highest BCUT2D eigenvalue weighted by Crippen LogP contribution is 2.16. The number of hydrogen-bond acceptors (Lipinski definition) is 3. The van der Waals surface area contributed by atoms with Gasteiger partial charge in [0.25, 0.3) is 0 Å². The van der Waals surface area contributed by atoms with Crippen molar-refractivity contribution in [2.45, 2.75) is 39.3 Å². The van der Waals surface area contributed by atoms with Gasteiger partial charge in [-0.1, -0.05) is 18.2 Å². The Labute approximate surface area is 110 Å². The highest BCUT2D eigenvalue weighted by molar-refractivity contribution is 5.31. The van der Waals surface area contributed by atoms with Crippen LogP contribution in [-0.4, -0.2) is 31.5 Å². The number of methoxy groups -OCH3 is 1. The summed E-state index contributed by atoms with van der Waals surface area (Å²) < 4.78 is 4.90. The summed E-state index contributed by atoms with van der Waals surface area (Å²) in [6.07, 6.45) is 0.331. The van der Waals surface area contributed by atoms with Gasteiger partial charge >= 0.3 is 0 Å². The normalized spacial score (nSPS) is 14.5. The van der Waals surface area contributed by atoms with Crippen molar-refractivity contribution in [1.29, 1.82) is 0 Å². The molecule has 18 heavy (non-hydrogen) atoms. The lowest BCUT2D eigenvalue weighted by Crippen LogP contribution is -2.25. The lowest BCUT2D eigenvalue weighted by molar-refractivity contribution is 0.0590. The van der Waals surface area contributed by atoms with Crippen LogP contribution in [0.3, 0.4) is 0 Å². The molecule has 3 nitrogen and oxygen atoms in total. The summed E-state index contributed by atoms with van der Waals surface area (Å²) in [7, 11) is 1.61. The van der Waals surface area contributed by atoms with Crippen LogP contribution in [0.4, 0.5) is 0 Å². The summed E-state index contributed by atoms with van der Waals surface area (Å²) in [5.74, 6) is 0. The fourth-order valence-corrected chi connectivity index (χ4v) is 1.89. The van der Waals surface area contributed by atoms with Gasteiger partial charge in [-0.25, -0.2) is 0 Å². The standard InChI is InChI=1S/C15H25NO2/c1-11-5-6-14(9-12(11)2)13(3)16-8-7-15(17)10-18-4/h5-6,9,13,15-17H,7-8,10H2,1-4H3. The predicted molar refractivity (Wildman–Crippen MR) is 74.8 cm³/mol. The Morgan fingerprint density at radius 3 is 2.61 bits per heavy atom. The maximum Gasteiger partial charge on any atom is 0.0785 e. The van der Waals surface area contributed by atoms with Gasteiger partial charge in [0.15, 0.2) is 0 Å². The third-order valence-electron chi connectivity index (χ3n) is 3.32. The van der Waals surface area contributed by atoms with E-state index in [4.69, 9.17) is 4.74 Å². The molecule has 1 rings (SSSR count). The molecule has 0 aliphatic heterocycles. The summed E-state index contributed by atoms with van der Waals surface area (Å²) in [6, 6.07) is 6.84. The Balaban J connectivity index is 2.40. The largest absolute Gasteiger partial charge is 0.391 e. The molecule has 0 fully saturated rings. The highest BCUT2D eigenvalue weighted by Gasteiger charge is 2.07. The van der Waals surface area contributed by atoms with Gasteiger partial charge in [-0.05, 0) is 50.4 Å². The Morgan fingerprint density at radius 1 is 1.28 bits per heavy atom. The topological polar surface area (TPSA) is 41.5 Å². The fourth-order valence-electron chi connectivity index (χ4n) is 1.89. The Morgan fingerprint density at radius 2 is 2.00 bits per heavy atom. The molecule has 102 valence electrons. The lowest BCUT2D eigenvalue weighted by Gasteiger charge is -2.17. The second kappa shape index (κ2) is 7.52. The van der Waals surface area contributed by atoms with Gasteiger partial charge in [0, 0.05) is 13.2 Å². The first-order chi connectivity index (χ1) is 8.54. The first-order valence-corrected chi connectivity index (χ1v) is 6.52. The molecule has 2 N–H and O–H groups in total. The minimum absolute atomic E-state index is 0.305. The fraction of sp³-hybridized carbons (Fsp3) is 0.600. The lowest BCUT2D eigenvalue weighted by atomic mass is 10.0. The monoisotopic (exact) mass is 251 g/mol. The van der Waals surface area contributed by atoms with E-state index in [1.165, 1.54) is 16.7 Å². The van der Waals surface area contributed by atoms with Crippen LogP contribution in [-0.2, 0) is 4.74 Å². The van der Waals surface area contributed by atoms with Gasteiger partial charge in [-0.3, -0.25) is 0 Å². The molecule has 2 atom stereocenters. The molecular formula is C15H25NO2. The minimum Gasteiger partial charge on any atom is -0.391 e. The van der Waals surface area contributed by atoms with Crippen molar-refractivity contribution in [2.24, 2.45) is 0 Å². The number of aliphatic hydroxyl groups is 1. The van der Waals surface area contributed by atoms with Gasteiger partial charge < -0.3 is 15.2 Å². The van der Waals surface area contributed by atoms with Gasteiger partial charge in [0.2, 0.25) is 0 Å². The van der Waals surface area contributed by atoms with Crippen LogP contribution in [0.5, 0.6) is 0 Å². The van der Waals surface area contributed by atoms with Crippen LogP contribution < -0.4 is 5.32 Å². The zero-order valence-corrected chi connectivity index (χ0v) is 11.9. The average Bonchev–Trinajstić information content (AvgIpc) is 2.33. The number of nitrogens with one attached hydrogen (secondary N) is 1. The molecule has 0 aliphatic rings. The molecule has 0 radical (unpaired) electrons. The number of ether oxygens (including phenoxy) is 1. The second-order valence-corrected chi connectivity index (χ2v) is 4.92. The van der Waals surface area contributed by atoms with Crippen LogP contribution in [0.1, 0.15) is 36.1 Å². The van der Waals surface area contributed by atoms with E-state index in [-0.39, 0.29) is 6.10 Å². The van der Waals surface area contributed by atoms with Crippen molar-refractivity contribution in [1.82, 2.24) is 5.32 Å². The molecule has 0 saturated heterocycles. The third-order valence-corrected chi connectivity index (χ3v) is 3.32. The van der Waals surface area contributed by atoms with Crippen molar-refractivity contribution < 1.29 is 9.84 Å². The van der Waals surface area contributed by atoms with Gasteiger partial charge in [0.1, 0.15) is 0 Å². The van der Waals surface area contributed by atoms with Crippen molar-refractivity contribution in [2.75, 3.05) is 20.3 Å². The summed E-state index contributed by atoms with van der Waals surface area (Å²) >= 11 is 0. The third kappa shape index (κ3) is 4.77. The molecule has 0 heterocycles. The van der Waals surface area contributed by atoms with Gasteiger partial charge in [0.05, 0.1) is 12.7 Å². The van der Waals surface area contributed by atoms with Crippen molar-refractivity contribution >= 4 is 0 Å². The molecule has 1 aromatic rings. The maximum atomic E-state index is 9.55. The smallest absolute Gasteiger partial charge is 0.0785 e. The van der Waals surface area contributed by atoms with Crippen LogP contribution in [0.2, 0.25) is 0 Å².